The van der Waals surface area contributed by atoms with Crippen molar-refractivity contribution in [2.75, 3.05) is 13.2 Å². The number of hydrogen-bond acceptors (Lipinski definition) is 3. The molecule has 92 valence electrons. The summed E-state index contributed by atoms with van der Waals surface area (Å²) in [6, 6.07) is 3.55. The molecule has 0 bridgehead atoms. The standard InChI is InChI=1S/C10H13FN2O.2ClH/c1-8-2-3-10(6-13-8)14-7-9(11)4-5-12;;/h2-4,6H,5,7,12H2,1H3;2*1H/b9-4-;;. The average Bonchev–Trinajstić information content (AvgIpc) is 2.17. The molecule has 0 spiro atoms. The lowest BCUT2D eigenvalue weighted by atomic mass is 10.4. The van der Waals surface area contributed by atoms with Crippen molar-refractivity contribution in [1.82, 2.24) is 4.98 Å². The van der Waals surface area contributed by atoms with Crippen molar-refractivity contribution < 1.29 is 9.13 Å². The number of rotatable bonds is 4. The fourth-order valence-electron chi connectivity index (χ4n) is 0.879. The van der Waals surface area contributed by atoms with Crippen molar-refractivity contribution in [3.8, 4) is 5.75 Å². The molecule has 2 N–H and O–H groups in total. The first-order valence-electron chi connectivity index (χ1n) is 4.32. The molecular weight excluding hydrogens is 254 g/mol. The summed E-state index contributed by atoms with van der Waals surface area (Å²) < 4.78 is 17.9. The maximum atomic E-state index is 12.8. The molecule has 0 aliphatic carbocycles. The minimum atomic E-state index is -0.368. The van der Waals surface area contributed by atoms with Gasteiger partial charge in [0.15, 0.2) is 0 Å². The zero-order valence-corrected chi connectivity index (χ0v) is 10.5. The molecule has 0 aromatic carbocycles. The van der Waals surface area contributed by atoms with E-state index in [0.29, 0.717) is 5.75 Å². The number of nitrogens with zero attached hydrogens (tertiary/aromatic N) is 1. The highest BCUT2D eigenvalue weighted by Crippen LogP contribution is 2.10. The van der Waals surface area contributed by atoms with Gasteiger partial charge in [-0.25, -0.2) is 4.39 Å². The molecular formula is C10H15Cl2FN2O. The third-order valence-electron chi connectivity index (χ3n) is 1.60. The van der Waals surface area contributed by atoms with Gasteiger partial charge in [-0.15, -0.1) is 24.8 Å². The highest BCUT2D eigenvalue weighted by atomic mass is 35.5. The average molecular weight is 269 g/mol. The normalized spacial score (nSPS) is 10.1. The SMILES string of the molecule is Cc1ccc(OC/C(F)=C/CN)cn1.Cl.Cl. The summed E-state index contributed by atoms with van der Waals surface area (Å²) in [6.07, 6.45) is 2.84. The largest absolute Gasteiger partial charge is 0.485 e. The van der Waals surface area contributed by atoms with E-state index >= 15 is 0 Å². The van der Waals surface area contributed by atoms with E-state index in [2.05, 4.69) is 4.98 Å². The summed E-state index contributed by atoms with van der Waals surface area (Å²) in [4.78, 5) is 4.01. The van der Waals surface area contributed by atoms with Crippen LogP contribution >= 0.6 is 24.8 Å². The van der Waals surface area contributed by atoms with Gasteiger partial charge in [0.1, 0.15) is 18.2 Å². The molecule has 1 heterocycles. The summed E-state index contributed by atoms with van der Waals surface area (Å²) in [5.41, 5.74) is 6.03. The van der Waals surface area contributed by atoms with Gasteiger partial charge in [0.25, 0.3) is 0 Å². The number of halogens is 3. The molecule has 0 aliphatic rings. The highest BCUT2D eigenvalue weighted by molar-refractivity contribution is 5.85. The highest BCUT2D eigenvalue weighted by Gasteiger charge is 1.97. The molecule has 0 atom stereocenters. The van der Waals surface area contributed by atoms with E-state index in [-0.39, 0.29) is 43.8 Å². The molecule has 0 fully saturated rings. The number of nitrogens with two attached hydrogens (primary N) is 1. The topological polar surface area (TPSA) is 48.1 Å². The van der Waals surface area contributed by atoms with Crippen LogP contribution in [0.15, 0.2) is 30.2 Å². The van der Waals surface area contributed by atoms with E-state index in [1.165, 1.54) is 6.08 Å². The Kier molecular flexibility index (Phi) is 10.3. The van der Waals surface area contributed by atoms with Gasteiger partial charge in [-0.2, -0.15) is 0 Å². The first-order valence-corrected chi connectivity index (χ1v) is 4.32. The smallest absolute Gasteiger partial charge is 0.139 e. The predicted molar refractivity (Wildman–Crippen MR) is 67.2 cm³/mol. The van der Waals surface area contributed by atoms with Gasteiger partial charge in [-0.3, -0.25) is 4.98 Å². The second-order valence-electron chi connectivity index (χ2n) is 2.81. The molecule has 3 nitrogen and oxygen atoms in total. The molecule has 1 aromatic heterocycles. The monoisotopic (exact) mass is 268 g/mol. The molecule has 0 aliphatic heterocycles. The Morgan fingerprint density at radius 1 is 1.50 bits per heavy atom. The zero-order chi connectivity index (χ0) is 10.4. The minimum absolute atomic E-state index is 0. The van der Waals surface area contributed by atoms with Crippen molar-refractivity contribution in [3.63, 3.8) is 0 Å². The number of ether oxygens (including phenoxy) is 1. The molecule has 0 radical (unpaired) electrons. The molecule has 16 heavy (non-hydrogen) atoms. The van der Waals surface area contributed by atoms with Gasteiger partial charge < -0.3 is 10.5 Å². The number of pyridine rings is 1. The summed E-state index contributed by atoms with van der Waals surface area (Å²) in [7, 11) is 0. The van der Waals surface area contributed by atoms with E-state index in [1.54, 1.807) is 18.3 Å². The van der Waals surface area contributed by atoms with Crippen LogP contribution in [0.2, 0.25) is 0 Å². The second-order valence-corrected chi connectivity index (χ2v) is 2.81. The van der Waals surface area contributed by atoms with Crippen LogP contribution in [0.4, 0.5) is 4.39 Å². The molecule has 1 rings (SSSR count). The summed E-state index contributed by atoms with van der Waals surface area (Å²) in [5, 5.41) is 0. The van der Waals surface area contributed by atoms with Gasteiger partial charge in [-0.1, -0.05) is 0 Å². The molecule has 6 heteroatoms. The lowest BCUT2D eigenvalue weighted by Gasteiger charge is -2.03. The Labute approximate surface area is 107 Å². The van der Waals surface area contributed by atoms with Crippen LogP contribution in [-0.2, 0) is 0 Å². The van der Waals surface area contributed by atoms with E-state index in [0.717, 1.165) is 5.69 Å². The van der Waals surface area contributed by atoms with Crippen molar-refractivity contribution in [3.05, 3.63) is 35.9 Å². The second kappa shape index (κ2) is 9.39. The van der Waals surface area contributed by atoms with Crippen LogP contribution in [-0.4, -0.2) is 18.1 Å². The quantitative estimate of drug-likeness (QED) is 0.913. The predicted octanol–water partition coefficient (Wildman–Crippen LogP) is 2.42. The maximum absolute atomic E-state index is 12.8. The number of aryl methyl sites for hydroxylation is 1. The minimum Gasteiger partial charge on any atom is -0.485 e. The number of aromatic nitrogens is 1. The van der Waals surface area contributed by atoms with Gasteiger partial charge in [0, 0.05) is 12.2 Å². The molecule has 1 aromatic rings. The Hall–Kier alpha value is -0.840. The Morgan fingerprint density at radius 3 is 2.69 bits per heavy atom. The van der Waals surface area contributed by atoms with E-state index in [1.807, 2.05) is 6.92 Å². The Morgan fingerprint density at radius 2 is 2.19 bits per heavy atom. The lowest BCUT2D eigenvalue weighted by molar-refractivity contribution is 0.317. The first-order chi connectivity index (χ1) is 6.72. The van der Waals surface area contributed by atoms with Crippen molar-refractivity contribution >= 4 is 24.8 Å². The van der Waals surface area contributed by atoms with E-state index in [4.69, 9.17) is 10.5 Å². The van der Waals surface area contributed by atoms with Crippen LogP contribution in [0.25, 0.3) is 0 Å². The Balaban J connectivity index is 0. The Bertz CT molecular complexity index is 317. The molecule has 0 unspecified atom stereocenters. The van der Waals surface area contributed by atoms with Crippen LogP contribution < -0.4 is 10.5 Å². The van der Waals surface area contributed by atoms with Gasteiger partial charge >= 0.3 is 0 Å². The van der Waals surface area contributed by atoms with Gasteiger partial charge in [0.2, 0.25) is 0 Å². The summed E-state index contributed by atoms with van der Waals surface area (Å²) in [6.45, 7) is 1.96. The fraction of sp³-hybridized carbons (Fsp3) is 0.300. The molecule has 0 saturated carbocycles. The zero-order valence-electron chi connectivity index (χ0n) is 8.85. The summed E-state index contributed by atoms with van der Waals surface area (Å²) >= 11 is 0. The van der Waals surface area contributed by atoms with E-state index < -0.39 is 0 Å². The fourth-order valence-corrected chi connectivity index (χ4v) is 0.879. The van der Waals surface area contributed by atoms with Gasteiger partial charge in [0.05, 0.1) is 6.20 Å². The van der Waals surface area contributed by atoms with Crippen molar-refractivity contribution in [2.24, 2.45) is 5.73 Å². The van der Waals surface area contributed by atoms with Crippen LogP contribution in [0.3, 0.4) is 0 Å². The molecule has 0 saturated heterocycles. The molecule has 0 amide bonds. The van der Waals surface area contributed by atoms with Crippen LogP contribution in [0.5, 0.6) is 5.75 Å². The van der Waals surface area contributed by atoms with E-state index in [9.17, 15) is 4.39 Å². The third-order valence-corrected chi connectivity index (χ3v) is 1.60. The third kappa shape index (κ3) is 6.61. The number of hydrogen-bond donors (Lipinski definition) is 1. The van der Waals surface area contributed by atoms with Crippen molar-refractivity contribution in [2.45, 2.75) is 6.92 Å². The van der Waals surface area contributed by atoms with Crippen molar-refractivity contribution in [1.29, 1.82) is 0 Å². The van der Waals surface area contributed by atoms with Crippen LogP contribution in [0, 0.1) is 6.92 Å². The first kappa shape index (κ1) is 17.6. The van der Waals surface area contributed by atoms with Gasteiger partial charge in [-0.05, 0) is 25.1 Å². The lowest BCUT2D eigenvalue weighted by Crippen LogP contribution is -2.01. The van der Waals surface area contributed by atoms with Crippen LogP contribution in [0.1, 0.15) is 5.69 Å². The summed E-state index contributed by atoms with van der Waals surface area (Å²) in [5.74, 6) is 0.184. The maximum Gasteiger partial charge on any atom is 0.139 e.